The monoisotopic (exact) mass is 356 g/mol. The summed E-state index contributed by atoms with van der Waals surface area (Å²) in [6.07, 6.45) is 0.0489. The van der Waals surface area contributed by atoms with Crippen molar-refractivity contribution < 1.29 is 19.1 Å². The van der Waals surface area contributed by atoms with Crippen LogP contribution in [0.15, 0.2) is 53.4 Å². The third-order valence-electron chi connectivity index (χ3n) is 3.84. The van der Waals surface area contributed by atoms with Gasteiger partial charge in [0.1, 0.15) is 0 Å². The molecule has 128 valence electrons. The van der Waals surface area contributed by atoms with Gasteiger partial charge in [-0.15, -0.1) is 11.8 Å². The summed E-state index contributed by atoms with van der Waals surface area (Å²) in [4.78, 5) is 39.0. The fraction of sp³-hybridized carbons (Fsp3) is 0.167. The van der Waals surface area contributed by atoms with Crippen LogP contribution in [0.25, 0.3) is 0 Å². The Kier molecular flexibility index (Phi) is 4.76. The van der Waals surface area contributed by atoms with Crippen molar-refractivity contribution in [3.8, 4) is 0 Å². The maximum absolute atomic E-state index is 12.8. The van der Waals surface area contributed by atoms with E-state index in [2.05, 4.69) is 0 Å². The molecule has 1 heterocycles. The van der Waals surface area contributed by atoms with Gasteiger partial charge in [-0.3, -0.25) is 9.59 Å². The summed E-state index contributed by atoms with van der Waals surface area (Å²) in [6, 6.07) is 13.6. The Balaban J connectivity index is 1.90. The van der Waals surface area contributed by atoms with Crippen LogP contribution < -0.4 is 10.6 Å². The van der Waals surface area contributed by atoms with Crippen LogP contribution in [-0.4, -0.2) is 30.1 Å². The lowest BCUT2D eigenvalue weighted by Gasteiger charge is -2.18. The molecule has 1 unspecified atom stereocenters. The molecule has 0 bridgehead atoms. The second-order valence-corrected chi connectivity index (χ2v) is 6.67. The molecule has 25 heavy (non-hydrogen) atoms. The number of carbonyl (C=O) groups excluding carboxylic acids is 3. The first-order valence-electron chi connectivity index (χ1n) is 7.58. The highest BCUT2D eigenvalue weighted by Crippen LogP contribution is 2.37. The Morgan fingerprint density at radius 3 is 2.56 bits per heavy atom. The van der Waals surface area contributed by atoms with Crippen LogP contribution in [0.1, 0.15) is 16.8 Å². The molecule has 0 aliphatic carbocycles. The summed E-state index contributed by atoms with van der Waals surface area (Å²) in [5.74, 6) is -1.32. The number of anilines is 2. The molecule has 1 aliphatic rings. The van der Waals surface area contributed by atoms with Gasteiger partial charge in [-0.05, 0) is 24.3 Å². The largest absolute Gasteiger partial charge is 0.465 e. The molecule has 0 saturated carbocycles. The van der Waals surface area contributed by atoms with Crippen LogP contribution in [0, 0.1) is 0 Å². The zero-order chi connectivity index (χ0) is 18.0. The van der Waals surface area contributed by atoms with Crippen LogP contribution in [0.5, 0.6) is 0 Å². The van der Waals surface area contributed by atoms with E-state index < -0.39 is 11.2 Å². The summed E-state index contributed by atoms with van der Waals surface area (Å²) >= 11 is 1.25. The Bertz CT molecular complexity index is 852. The van der Waals surface area contributed by atoms with Crippen molar-refractivity contribution in [2.24, 2.45) is 0 Å². The van der Waals surface area contributed by atoms with Crippen molar-refractivity contribution in [1.29, 1.82) is 0 Å². The minimum atomic E-state index is -0.598. The predicted molar refractivity (Wildman–Crippen MR) is 95.4 cm³/mol. The van der Waals surface area contributed by atoms with Gasteiger partial charge >= 0.3 is 5.97 Å². The van der Waals surface area contributed by atoms with E-state index in [1.54, 1.807) is 30.3 Å². The number of esters is 1. The van der Waals surface area contributed by atoms with E-state index in [1.165, 1.54) is 24.9 Å². The number of nitrogen functional groups attached to an aromatic ring is 1. The van der Waals surface area contributed by atoms with E-state index in [0.29, 0.717) is 5.69 Å². The van der Waals surface area contributed by atoms with E-state index in [1.807, 2.05) is 12.1 Å². The molecular formula is C18H16N2O4S. The number of ether oxygens (including phenoxy) is 1. The van der Waals surface area contributed by atoms with Gasteiger partial charge in [0.15, 0.2) is 0 Å². The molecule has 1 saturated heterocycles. The number of para-hydroxylation sites is 2. The number of amides is 2. The third kappa shape index (κ3) is 3.23. The van der Waals surface area contributed by atoms with Crippen LogP contribution in [0.3, 0.4) is 0 Å². The van der Waals surface area contributed by atoms with E-state index in [4.69, 9.17) is 10.5 Å². The van der Waals surface area contributed by atoms with Crippen molar-refractivity contribution >= 4 is 40.9 Å². The smallest absolute Gasteiger partial charge is 0.339 e. The van der Waals surface area contributed by atoms with Crippen LogP contribution in [-0.2, 0) is 14.3 Å². The number of nitrogens with two attached hydrogens (primary N) is 1. The average Bonchev–Trinajstić information content (AvgIpc) is 2.90. The lowest BCUT2D eigenvalue weighted by molar-refractivity contribution is -0.121. The Morgan fingerprint density at radius 1 is 1.16 bits per heavy atom. The molecule has 0 aromatic heterocycles. The highest BCUT2D eigenvalue weighted by Gasteiger charge is 2.41. The standard InChI is InChI=1S/C18H16N2O4S/c1-24-18(23)11-6-2-4-8-13(11)20-16(21)10-15(17(20)22)25-14-9-5-3-7-12(14)19/h2-9,15H,10,19H2,1H3. The summed E-state index contributed by atoms with van der Waals surface area (Å²) < 4.78 is 4.74. The average molecular weight is 356 g/mol. The summed E-state index contributed by atoms with van der Waals surface area (Å²) in [7, 11) is 1.25. The number of hydrogen-bond donors (Lipinski definition) is 1. The zero-order valence-electron chi connectivity index (χ0n) is 13.5. The summed E-state index contributed by atoms with van der Waals surface area (Å²) in [6.45, 7) is 0. The Labute approximate surface area is 148 Å². The van der Waals surface area contributed by atoms with Crippen molar-refractivity contribution in [3.63, 3.8) is 0 Å². The van der Waals surface area contributed by atoms with Gasteiger partial charge in [0.2, 0.25) is 11.8 Å². The van der Waals surface area contributed by atoms with Gasteiger partial charge in [-0.1, -0.05) is 24.3 Å². The van der Waals surface area contributed by atoms with Crippen molar-refractivity contribution in [2.45, 2.75) is 16.6 Å². The molecule has 2 aromatic rings. The molecule has 0 spiro atoms. The lowest BCUT2D eigenvalue weighted by Crippen LogP contribution is -2.32. The number of rotatable bonds is 4. The first-order valence-corrected chi connectivity index (χ1v) is 8.46. The van der Waals surface area contributed by atoms with Gasteiger partial charge < -0.3 is 10.5 Å². The minimum absolute atomic E-state index is 0.0489. The van der Waals surface area contributed by atoms with E-state index in [9.17, 15) is 14.4 Å². The molecule has 7 heteroatoms. The topological polar surface area (TPSA) is 89.7 Å². The second kappa shape index (κ2) is 6.98. The van der Waals surface area contributed by atoms with E-state index >= 15 is 0 Å². The zero-order valence-corrected chi connectivity index (χ0v) is 14.3. The predicted octanol–water partition coefficient (Wildman–Crippen LogP) is 2.48. The Morgan fingerprint density at radius 2 is 1.84 bits per heavy atom. The highest BCUT2D eigenvalue weighted by atomic mass is 32.2. The van der Waals surface area contributed by atoms with E-state index in [0.717, 1.165) is 9.80 Å². The molecule has 1 fully saturated rings. The number of methoxy groups -OCH3 is 1. The molecule has 1 aliphatic heterocycles. The Hall–Kier alpha value is -2.80. The molecule has 2 N–H and O–H groups in total. The maximum atomic E-state index is 12.8. The van der Waals surface area contributed by atoms with Crippen LogP contribution >= 0.6 is 11.8 Å². The summed E-state index contributed by atoms with van der Waals surface area (Å²) in [5.41, 5.74) is 6.89. The van der Waals surface area contributed by atoms with Gasteiger partial charge in [0.05, 0.1) is 23.6 Å². The molecule has 3 rings (SSSR count). The number of nitrogens with zero attached hydrogens (tertiary/aromatic N) is 1. The molecule has 1 atom stereocenters. The van der Waals surface area contributed by atoms with E-state index in [-0.39, 0.29) is 29.5 Å². The normalized spacial score (nSPS) is 17.0. The maximum Gasteiger partial charge on any atom is 0.339 e. The molecule has 0 radical (unpaired) electrons. The lowest BCUT2D eigenvalue weighted by atomic mass is 10.1. The first-order chi connectivity index (χ1) is 12.0. The van der Waals surface area contributed by atoms with Crippen molar-refractivity contribution in [3.05, 3.63) is 54.1 Å². The number of hydrogen-bond acceptors (Lipinski definition) is 6. The second-order valence-electron chi connectivity index (χ2n) is 5.42. The summed E-state index contributed by atoms with van der Waals surface area (Å²) in [5, 5.41) is -0.581. The third-order valence-corrected chi connectivity index (χ3v) is 5.12. The van der Waals surface area contributed by atoms with Gasteiger partial charge in [-0.25, -0.2) is 9.69 Å². The number of thioether (sulfide) groups is 1. The SMILES string of the molecule is COC(=O)c1ccccc1N1C(=O)CC(Sc2ccccc2N)C1=O. The van der Waals surface area contributed by atoms with Gasteiger partial charge in [-0.2, -0.15) is 0 Å². The van der Waals surface area contributed by atoms with Crippen LogP contribution in [0.4, 0.5) is 11.4 Å². The van der Waals surface area contributed by atoms with Crippen molar-refractivity contribution in [1.82, 2.24) is 0 Å². The van der Waals surface area contributed by atoms with Gasteiger partial charge in [0, 0.05) is 17.0 Å². The first kappa shape index (κ1) is 17.0. The fourth-order valence-corrected chi connectivity index (χ4v) is 3.74. The number of carbonyl (C=O) groups is 3. The quantitative estimate of drug-likeness (QED) is 0.514. The molecule has 6 nitrogen and oxygen atoms in total. The minimum Gasteiger partial charge on any atom is -0.465 e. The van der Waals surface area contributed by atoms with Gasteiger partial charge in [0.25, 0.3) is 0 Å². The highest BCUT2D eigenvalue weighted by molar-refractivity contribution is 8.00. The fourth-order valence-electron chi connectivity index (χ4n) is 2.64. The van der Waals surface area contributed by atoms with Crippen molar-refractivity contribution in [2.75, 3.05) is 17.7 Å². The van der Waals surface area contributed by atoms with Crippen LogP contribution in [0.2, 0.25) is 0 Å². The molecular weight excluding hydrogens is 340 g/mol. The molecule has 2 aromatic carbocycles. The number of imide groups is 1. The molecule has 2 amide bonds. The number of benzene rings is 2.